The molecule has 2 heterocycles. The van der Waals surface area contributed by atoms with Gasteiger partial charge in [0.2, 0.25) is 0 Å². The number of hydrogen-bond acceptors (Lipinski definition) is 5. The molecule has 0 spiro atoms. The smallest absolute Gasteiger partial charge is 0.171 e. The van der Waals surface area contributed by atoms with Crippen LogP contribution in [0.3, 0.4) is 0 Å². The van der Waals surface area contributed by atoms with E-state index in [9.17, 15) is 0 Å². The van der Waals surface area contributed by atoms with E-state index in [0.717, 1.165) is 11.5 Å². The van der Waals surface area contributed by atoms with Crippen LogP contribution in [0.25, 0.3) is 0 Å². The number of hydrogen-bond donors (Lipinski definition) is 0. The second-order valence-corrected chi connectivity index (χ2v) is 5.19. The molecular formula is C12H15NO3S. The summed E-state index contributed by atoms with van der Waals surface area (Å²) in [6, 6.07) is 2.05. The average molecular weight is 253 g/mol. The zero-order chi connectivity index (χ0) is 12.1. The minimum Gasteiger partial charge on any atom is -0.488 e. The van der Waals surface area contributed by atoms with Crippen LogP contribution in [0.2, 0.25) is 0 Å². The molecule has 0 aromatic carbocycles. The number of ether oxygens (including phenoxy) is 3. The molecule has 0 fully saturated rings. The lowest BCUT2D eigenvalue weighted by atomic mass is 9.94. The molecule has 0 unspecified atom stereocenters. The lowest BCUT2D eigenvalue weighted by Crippen LogP contribution is -2.35. The number of rotatable bonds is 4. The standard InChI is InChI=1S/C12H15NO3S/c1-12(7-14-4-2-3-13)8-15-10-5-17-6-11(10)16-9-12/h5-6H,2,4,7-9H2,1H3. The molecule has 0 atom stereocenters. The molecule has 1 aromatic rings. The maximum atomic E-state index is 8.42. The van der Waals surface area contributed by atoms with Crippen molar-refractivity contribution >= 4 is 11.3 Å². The molecule has 0 saturated carbocycles. The Morgan fingerprint density at radius 2 is 2.06 bits per heavy atom. The van der Waals surface area contributed by atoms with Crippen LogP contribution in [0.4, 0.5) is 0 Å². The zero-order valence-corrected chi connectivity index (χ0v) is 10.6. The lowest BCUT2D eigenvalue weighted by molar-refractivity contribution is 0.00872. The highest BCUT2D eigenvalue weighted by molar-refractivity contribution is 7.08. The van der Waals surface area contributed by atoms with Crippen LogP contribution in [0.1, 0.15) is 13.3 Å². The number of nitriles is 1. The summed E-state index contributed by atoms with van der Waals surface area (Å²) in [5, 5.41) is 12.3. The van der Waals surface area contributed by atoms with Gasteiger partial charge in [-0.05, 0) is 0 Å². The second-order valence-electron chi connectivity index (χ2n) is 4.45. The highest BCUT2D eigenvalue weighted by atomic mass is 32.1. The van der Waals surface area contributed by atoms with Gasteiger partial charge in [0.1, 0.15) is 0 Å². The molecule has 0 amide bonds. The summed E-state index contributed by atoms with van der Waals surface area (Å²) in [5.41, 5.74) is -0.161. The lowest BCUT2D eigenvalue weighted by Gasteiger charge is -2.25. The molecule has 0 aliphatic carbocycles. The van der Waals surface area contributed by atoms with Crippen LogP contribution in [0, 0.1) is 16.7 Å². The van der Waals surface area contributed by atoms with Gasteiger partial charge in [0, 0.05) is 10.8 Å². The summed E-state index contributed by atoms with van der Waals surface area (Å²) in [5.74, 6) is 1.63. The molecule has 0 radical (unpaired) electrons. The van der Waals surface area contributed by atoms with E-state index in [1.807, 2.05) is 10.8 Å². The predicted octanol–water partition coefficient (Wildman–Crippen LogP) is 2.46. The van der Waals surface area contributed by atoms with Crippen LogP contribution in [-0.4, -0.2) is 26.4 Å². The topological polar surface area (TPSA) is 51.5 Å². The van der Waals surface area contributed by atoms with E-state index in [1.165, 1.54) is 0 Å². The molecule has 1 aliphatic heterocycles. The van der Waals surface area contributed by atoms with Crippen LogP contribution in [0.15, 0.2) is 10.8 Å². The molecule has 0 N–H and O–H groups in total. The van der Waals surface area contributed by atoms with Crippen LogP contribution < -0.4 is 9.47 Å². The van der Waals surface area contributed by atoms with Gasteiger partial charge in [0.15, 0.2) is 11.5 Å². The van der Waals surface area contributed by atoms with E-state index in [4.69, 9.17) is 19.5 Å². The van der Waals surface area contributed by atoms with Crippen molar-refractivity contribution in [2.24, 2.45) is 5.41 Å². The zero-order valence-electron chi connectivity index (χ0n) is 9.77. The average Bonchev–Trinajstić information content (AvgIpc) is 2.72. The first-order valence-corrected chi connectivity index (χ1v) is 6.44. The quantitative estimate of drug-likeness (QED) is 0.773. The number of nitrogens with zero attached hydrogens (tertiary/aromatic N) is 1. The number of fused-ring (bicyclic) bond motifs is 1. The molecule has 17 heavy (non-hydrogen) atoms. The first-order valence-electron chi connectivity index (χ1n) is 5.50. The minimum absolute atomic E-state index is 0.161. The molecule has 0 bridgehead atoms. The van der Waals surface area contributed by atoms with Crippen molar-refractivity contribution in [3.05, 3.63) is 10.8 Å². The van der Waals surface area contributed by atoms with Crippen LogP contribution in [-0.2, 0) is 4.74 Å². The SMILES string of the molecule is CC1(COCCC#N)COc2cscc2OC1. The third kappa shape index (κ3) is 3.11. The Balaban J connectivity index is 1.86. The number of thiophene rings is 1. The second kappa shape index (κ2) is 5.39. The van der Waals surface area contributed by atoms with E-state index in [1.54, 1.807) is 11.3 Å². The third-order valence-electron chi connectivity index (χ3n) is 2.55. The first-order chi connectivity index (χ1) is 8.23. The fraction of sp³-hybridized carbons (Fsp3) is 0.583. The summed E-state index contributed by atoms with van der Waals surface area (Å²) in [6.45, 7) is 4.22. The van der Waals surface area contributed by atoms with Crippen molar-refractivity contribution in [3.8, 4) is 17.6 Å². The molecule has 1 aromatic heterocycles. The van der Waals surface area contributed by atoms with Crippen LogP contribution in [0.5, 0.6) is 11.5 Å². The minimum atomic E-state index is -0.161. The summed E-state index contributed by atoms with van der Waals surface area (Å²) in [7, 11) is 0. The van der Waals surface area contributed by atoms with Gasteiger partial charge < -0.3 is 14.2 Å². The summed E-state index contributed by atoms with van der Waals surface area (Å²) >= 11 is 1.57. The molecule has 92 valence electrons. The van der Waals surface area contributed by atoms with Gasteiger partial charge in [0.05, 0.1) is 44.3 Å². The Bertz CT molecular complexity index is 388. The van der Waals surface area contributed by atoms with E-state index in [0.29, 0.717) is 32.8 Å². The van der Waals surface area contributed by atoms with Gasteiger partial charge >= 0.3 is 0 Å². The van der Waals surface area contributed by atoms with Gasteiger partial charge in [-0.1, -0.05) is 6.92 Å². The Morgan fingerprint density at radius 3 is 2.65 bits per heavy atom. The van der Waals surface area contributed by atoms with Gasteiger partial charge in [0.25, 0.3) is 0 Å². The Hall–Kier alpha value is -1.25. The maximum Gasteiger partial charge on any atom is 0.171 e. The van der Waals surface area contributed by atoms with Gasteiger partial charge in [-0.2, -0.15) is 5.26 Å². The Kier molecular flexibility index (Phi) is 3.87. The summed E-state index contributed by atoms with van der Waals surface area (Å²) in [6.07, 6.45) is 0.421. The molecule has 4 nitrogen and oxygen atoms in total. The molecule has 1 aliphatic rings. The van der Waals surface area contributed by atoms with Crippen molar-refractivity contribution in [1.82, 2.24) is 0 Å². The van der Waals surface area contributed by atoms with Crippen molar-refractivity contribution < 1.29 is 14.2 Å². The maximum absolute atomic E-state index is 8.42. The highest BCUT2D eigenvalue weighted by Gasteiger charge is 2.31. The largest absolute Gasteiger partial charge is 0.488 e. The third-order valence-corrected chi connectivity index (χ3v) is 3.25. The summed E-state index contributed by atoms with van der Waals surface area (Å²) in [4.78, 5) is 0. The van der Waals surface area contributed by atoms with Crippen molar-refractivity contribution in [2.45, 2.75) is 13.3 Å². The van der Waals surface area contributed by atoms with E-state index in [2.05, 4.69) is 13.0 Å². The van der Waals surface area contributed by atoms with Crippen molar-refractivity contribution in [2.75, 3.05) is 26.4 Å². The van der Waals surface area contributed by atoms with Crippen LogP contribution >= 0.6 is 11.3 Å². The molecule has 2 rings (SSSR count). The fourth-order valence-electron chi connectivity index (χ4n) is 1.55. The van der Waals surface area contributed by atoms with E-state index >= 15 is 0 Å². The summed E-state index contributed by atoms with van der Waals surface area (Å²) < 4.78 is 16.9. The highest BCUT2D eigenvalue weighted by Crippen LogP contribution is 2.36. The Morgan fingerprint density at radius 1 is 1.41 bits per heavy atom. The van der Waals surface area contributed by atoms with Gasteiger partial charge in [-0.3, -0.25) is 0 Å². The van der Waals surface area contributed by atoms with Gasteiger partial charge in [-0.15, -0.1) is 11.3 Å². The van der Waals surface area contributed by atoms with E-state index in [-0.39, 0.29) is 5.41 Å². The van der Waals surface area contributed by atoms with Crippen molar-refractivity contribution in [1.29, 1.82) is 5.26 Å². The molecule has 5 heteroatoms. The Labute approximate surface area is 105 Å². The van der Waals surface area contributed by atoms with E-state index < -0.39 is 0 Å². The first kappa shape index (κ1) is 12.2. The molecule has 0 saturated heterocycles. The van der Waals surface area contributed by atoms with Gasteiger partial charge in [-0.25, -0.2) is 0 Å². The fourth-order valence-corrected chi connectivity index (χ4v) is 2.23. The normalized spacial score (nSPS) is 17.2. The monoisotopic (exact) mass is 253 g/mol. The predicted molar refractivity (Wildman–Crippen MR) is 64.5 cm³/mol. The molecular weight excluding hydrogens is 238 g/mol. The van der Waals surface area contributed by atoms with Crippen molar-refractivity contribution in [3.63, 3.8) is 0 Å².